The molecule has 14 heavy (non-hydrogen) atoms. The first-order valence-corrected chi connectivity index (χ1v) is 4.56. The van der Waals surface area contributed by atoms with Gasteiger partial charge in [0.2, 0.25) is 0 Å². The van der Waals surface area contributed by atoms with E-state index in [9.17, 15) is 9.59 Å². The highest BCUT2D eigenvalue weighted by atomic mass is 16.6. The van der Waals surface area contributed by atoms with Crippen LogP contribution in [0.3, 0.4) is 0 Å². The van der Waals surface area contributed by atoms with Crippen molar-refractivity contribution in [3.63, 3.8) is 0 Å². The number of carboxylic acid groups (broad SMARTS) is 1. The van der Waals surface area contributed by atoms with Gasteiger partial charge in [0, 0.05) is 6.54 Å². The van der Waals surface area contributed by atoms with Gasteiger partial charge in [-0.15, -0.1) is 0 Å². The van der Waals surface area contributed by atoms with E-state index in [1.807, 2.05) is 0 Å². The molecule has 0 saturated carbocycles. The zero-order valence-electron chi connectivity index (χ0n) is 7.65. The molecule has 2 aliphatic heterocycles. The lowest BCUT2D eigenvalue weighted by molar-refractivity contribution is -0.00408. The molecule has 2 rings (SSSR count). The number of piperidine rings is 1. The predicted molar refractivity (Wildman–Crippen MR) is 46.0 cm³/mol. The molecule has 78 valence electrons. The second-order valence-corrected chi connectivity index (χ2v) is 3.73. The highest BCUT2D eigenvalue weighted by Gasteiger charge is 2.44. The highest BCUT2D eigenvalue weighted by molar-refractivity contribution is 5.71. The van der Waals surface area contributed by atoms with Crippen LogP contribution < -0.4 is 5.32 Å². The van der Waals surface area contributed by atoms with Gasteiger partial charge >= 0.3 is 12.2 Å². The van der Waals surface area contributed by atoms with E-state index < -0.39 is 17.8 Å². The lowest BCUT2D eigenvalue weighted by Gasteiger charge is -2.36. The number of nitrogens with zero attached hydrogens (tertiary/aromatic N) is 1. The molecule has 6 nitrogen and oxygen atoms in total. The van der Waals surface area contributed by atoms with E-state index >= 15 is 0 Å². The van der Waals surface area contributed by atoms with Crippen LogP contribution in [0.5, 0.6) is 0 Å². The Balaban J connectivity index is 2.06. The van der Waals surface area contributed by atoms with E-state index in [-0.39, 0.29) is 6.54 Å². The molecule has 2 heterocycles. The monoisotopic (exact) mass is 200 g/mol. The van der Waals surface area contributed by atoms with Gasteiger partial charge in [0.1, 0.15) is 5.60 Å². The average molecular weight is 200 g/mol. The molecule has 2 aliphatic rings. The number of nitrogens with one attached hydrogen (secondary N) is 1. The molecule has 6 heteroatoms. The Bertz CT molecular complexity index is 281. The van der Waals surface area contributed by atoms with Gasteiger partial charge in [-0.25, -0.2) is 9.59 Å². The molecule has 1 spiro atoms. The topological polar surface area (TPSA) is 78.9 Å². The van der Waals surface area contributed by atoms with Gasteiger partial charge in [-0.05, 0) is 12.8 Å². The molecule has 0 aliphatic carbocycles. The summed E-state index contributed by atoms with van der Waals surface area (Å²) in [6, 6.07) is 0. The maximum absolute atomic E-state index is 10.9. The maximum Gasteiger partial charge on any atom is 0.407 e. The molecule has 1 unspecified atom stereocenters. The summed E-state index contributed by atoms with van der Waals surface area (Å²) in [6.45, 7) is 1.21. The summed E-state index contributed by atoms with van der Waals surface area (Å²) in [4.78, 5) is 22.9. The third-order valence-corrected chi connectivity index (χ3v) is 2.67. The Morgan fingerprint density at radius 1 is 1.64 bits per heavy atom. The van der Waals surface area contributed by atoms with Gasteiger partial charge in [0.25, 0.3) is 0 Å². The second-order valence-electron chi connectivity index (χ2n) is 3.73. The van der Waals surface area contributed by atoms with E-state index in [0.717, 1.165) is 12.8 Å². The van der Waals surface area contributed by atoms with E-state index in [1.165, 1.54) is 4.90 Å². The first-order valence-electron chi connectivity index (χ1n) is 4.56. The Labute approximate surface area is 80.8 Å². The fourth-order valence-corrected chi connectivity index (χ4v) is 1.99. The quantitative estimate of drug-likeness (QED) is 0.587. The number of likely N-dealkylation sites (tertiary alicyclic amines) is 1. The minimum absolute atomic E-state index is 0.279. The maximum atomic E-state index is 10.9. The van der Waals surface area contributed by atoms with Crippen molar-refractivity contribution in [2.75, 3.05) is 19.6 Å². The predicted octanol–water partition coefficient (Wildman–Crippen LogP) is 0.239. The summed E-state index contributed by atoms with van der Waals surface area (Å²) in [5.41, 5.74) is -0.617. The fourth-order valence-electron chi connectivity index (χ4n) is 1.99. The third-order valence-electron chi connectivity index (χ3n) is 2.67. The Morgan fingerprint density at radius 2 is 2.43 bits per heavy atom. The summed E-state index contributed by atoms with van der Waals surface area (Å²) in [5, 5.41) is 11.4. The standard InChI is InChI=1S/C8H12N2O4/c11-6-9-4-8(14-6)2-1-3-10(5-8)7(12)13/h1-5H2,(H,9,11)(H,12,13). The van der Waals surface area contributed by atoms with Crippen molar-refractivity contribution in [3.05, 3.63) is 0 Å². The van der Waals surface area contributed by atoms with Crippen molar-refractivity contribution < 1.29 is 19.4 Å². The molecule has 2 fully saturated rings. The molecule has 0 bridgehead atoms. The molecule has 0 radical (unpaired) electrons. The zero-order chi connectivity index (χ0) is 10.2. The van der Waals surface area contributed by atoms with E-state index in [2.05, 4.69) is 5.32 Å². The second kappa shape index (κ2) is 3.04. The number of amides is 2. The minimum atomic E-state index is -0.952. The molecule has 2 saturated heterocycles. The van der Waals surface area contributed by atoms with Gasteiger partial charge in [0.05, 0.1) is 13.1 Å². The summed E-state index contributed by atoms with van der Waals surface area (Å²) in [6.07, 6.45) is 0.0702. The summed E-state index contributed by atoms with van der Waals surface area (Å²) in [5.74, 6) is 0. The summed E-state index contributed by atoms with van der Waals surface area (Å²) in [7, 11) is 0. The molecule has 0 aromatic rings. The molecule has 0 aromatic carbocycles. The normalized spacial score (nSPS) is 31.4. The van der Waals surface area contributed by atoms with Crippen LogP contribution in [0.25, 0.3) is 0 Å². The van der Waals surface area contributed by atoms with Crippen molar-refractivity contribution in [1.29, 1.82) is 0 Å². The largest absolute Gasteiger partial charge is 0.465 e. The van der Waals surface area contributed by atoms with Gasteiger partial charge in [0.15, 0.2) is 0 Å². The van der Waals surface area contributed by atoms with Crippen LogP contribution in [0.1, 0.15) is 12.8 Å². The number of hydrogen-bond donors (Lipinski definition) is 2. The Morgan fingerprint density at radius 3 is 3.00 bits per heavy atom. The molecule has 0 aromatic heterocycles. The number of carbonyl (C=O) groups is 2. The number of alkyl carbamates (subject to hydrolysis) is 1. The third kappa shape index (κ3) is 1.47. The lowest BCUT2D eigenvalue weighted by atomic mass is 9.93. The summed E-state index contributed by atoms with van der Waals surface area (Å²) < 4.78 is 5.12. The lowest BCUT2D eigenvalue weighted by Crippen LogP contribution is -2.51. The van der Waals surface area contributed by atoms with E-state index in [4.69, 9.17) is 9.84 Å². The number of ether oxygens (including phenoxy) is 1. The average Bonchev–Trinajstić information content (AvgIpc) is 2.47. The number of hydrogen-bond acceptors (Lipinski definition) is 3. The first-order chi connectivity index (χ1) is 6.61. The van der Waals surface area contributed by atoms with Crippen molar-refractivity contribution in [2.45, 2.75) is 18.4 Å². The van der Waals surface area contributed by atoms with E-state index in [1.54, 1.807) is 0 Å². The molecular weight excluding hydrogens is 188 g/mol. The number of carbonyl (C=O) groups excluding carboxylic acids is 1. The van der Waals surface area contributed by atoms with Crippen LogP contribution in [0.15, 0.2) is 0 Å². The first kappa shape index (κ1) is 9.11. The van der Waals surface area contributed by atoms with Gasteiger partial charge < -0.3 is 20.1 Å². The SMILES string of the molecule is O=C1NCC2(CCCN(C(=O)O)C2)O1. The zero-order valence-corrected chi connectivity index (χ0v) is 7.65. The van der Waals surface area contributed by atoms with Crippen LogP contribution in [0, 0.1) is 0 Å². The van der Waals surface area contributed by atoms with Crippen LogP contribution in [0.2, 0.25) is 0 Å². The van der Waals surface area contributed by atoms with Crippen molar-refractivity contribution in [3.8, 4) is 0 Å². The smallest absolute Gasteiger partial charge is 0.407 e. The van der Waals surface area contributed by atoms with Crippen LogP contribution >= 0.6 is 0 Å². The molecule has 1 atom stereocenters. The van der Waals surface area contributed by atoms with E-state index in [0.29, 0.717) is 13.1 Å². The van der Waals surface area contributed by atoms with Crippen LogP contribution in [-0.4, -0.2) is 47.4 Å². The van der Waals surface area contributed by atoms with Crippen LogP contribution in [-0.2, 0) is 4.74 Å². The highest BCUT2D eigenvalue weighted by Crippen LogP contribution is 2.27. The Hall–Kier alpha value is -1.46. The van der Waals surface area contributed by atoms with Gasteiger partial charge in [-0.2, -0.15) is 0 Å². The van der Waals surface area contributed by atoms with Crippen molar-refractivity contribution in [1.82, 2.24) is 10.2 Å². The van der Waals surface area contributed by atoms with Gasteiger partial charge in [-0.1, -0.05) is 0 Å². The number of rotatable bonds is 0. The molecule has 2 amide bonds. The fraction of sp³-hybridized carbons (Fsp3) is 0.750. The minimum Gasteiger partial charge on any atom is -0.465 e. The van der Waals surface area contributed by atoms with Crippen molar-refractivity contribution in [2.24, 2.45) is 0 Å². The molecular formula is C8H12N2O4. The summed E-state index contributed by atoms with van der Waals surface area (Å²) >= 11 is 0. The van der Waals surface area contributed by atoms with Crippen LogP contribution in [0.4, 0.5) is 9.59 Å². The molecule has 2 N–H and O–H groups in total. The Kier molecular flexibility index (Phi) is 1.98. The van der Waals surface area contributed by atoms with Crippen molar-refractivity contribution >= 4 is 12.2 Å². The van der Waals surface area contributed by atoms with Gasteiger partial charge in [-0.3, -0.25) is 0 Å².